The maximum Gasteiger partial charge on any atom is 0.281 e. The highest BCUT2D eigenvalue weighted by Crippen LogP contribution is 2.65. The number of nitrogens with zero attached hydrogens (tertiary/aromatic N) is 5. The highest BCUT2D eigenvalue weighted by atomic mass is 32.2. The Labute approximate surface area is 272 Å². The molecule has 12 heteroatoms. The summed E-state index contributed by atoms with van der Waals surface area (Å²) < 4.78 is 34.6. The predicted molar refractivity (Wildman–Crippen MR) is 179 cm³/mol. The fourth-order valence-electron chi connectivity index (χ4n) is 7.11. The van der Waals surface area contributed by atoms with Crippen molar-refractivity contribution in [2.75, 3.05) is 49.0 Å². The number of hydrogen-bond donors (Lipinski definition) is 2. The molecule has 246 valence electrons. The summed E-state index contributed by atoms with van der Waals surface area (Å²) in [6.07, 6.45) is 4.65. The molecule has 0 radical (unpaired) electrons. The molecule has 1 aliphatic carbocycles. The Hall–Kier alpha value is -3.77. The van der Waals surface area contributed by atoms with E-state index in [1.165, 1.54) is 6.07 Å². The van der Waals surface area contributed by atoms with Gasteiger partial charge >= 0.3 is 0 Å². The standard InChI is InChI=1S/C34H45N7O4S/c1-32(2,3)27-14-12-24-30(37-27)41-21-34(20-33(41,4)5)18-22(34)17-26(25-13-11-23(19-35-25)40(6)15-16-45-7)36-28-9-8-10-29(38-28)46(43,44)39-31(24)42/h8-14,19,22,26H,15-18,20-21H2,1-7H3,(H,36,38)(H,39,42). The average Bonchev–Trinajstić information content (AvgIpc) is 3.57. The van der Waals surface area contributed by atoms with E-state index >= 15 is 0 Å². The van der Waals surface area contributed by atoms with Gasteiger partial charge in [-0.2, -0.15) is 8.42 Å². The molecule has 6 rings (SSSR count). The normalized spacial score (nSPS) is 24.8. The summed E-state index contributed by atoms with van der Waals surface area (Å²) in [4.78, 5) is 32.4. The van der Waals surface area contributed by atoms with Crippen molar-refractivity contribution in [2.24, 2.45) is 11.3 Å². The Morgan fingerprint density at radius 3 is 2.59 bits per heavy atom. The topological polar surface area (TPSA) is 130 Å². The van der Waals surface area contributed by atoms with Gasteiger partial charge < -0.3 is 19.9 Å². The fourth-order valence-corrected chi connectivity index (χ4v) is 8.04. The van der Waals surface area contributed by atoms with Gasteiger partial charge in [0.25, 0.3) is 15.9 Å². The first-order valence-corrected chi connectivity index (χ1v) is 17.4. The van der Waals surface area contributed by atoms with E-state index in [4.69, 9.17) is 14.7 Å². The second-order valence-electron chi connectivity index (χ2n) is 14.7. The Kier molecular flexibility index (Phi) is 8.03. The zero-order chi connectivity index (χ0) is 33.1. The van der Waals surface area contributed by atoms with E-state index in [1.54, 1.807) is 25.3 Å². The Bertz CT molecular complexity index is 1740. The first-order valence-electron chi connectivity index (χ1n) is 15.9. The van der Waals surface area contributed by atoms with Crippen molar-refractivity contribution < 1.29 is 17.9 Å². The molecule has 3 unspecified atom stereocenters. The molecule has 3 atom stereocenters. The highest BCUT2D eigenvalue weighted by Gasteiger charge is 2.63. The number of hydrogen-bond acceptors (Lipinski definition) is 10. The van der Waals surface area contributed by atoms with Crippen LogP contribution in [0.4, 0.5) is 17.3 Å². The third-order valence-corrected chi connectivity index (χ3v) is 11.0. The molecule has 3 aromatic rings. The van der Waals surface area contributed by atoms with Gasteiger partial charge in [0.1, 0.15) is 11.6 Å². The zero-order valence-electron chi connectivity index (χ0n) is 27.8. The number of aromatic nitrogens is 3. The number of nitrogens with one attached hydrogen (secondary N) is 2. The van der Waals surface area contributed by atoms with Crippen molar-refractivity contribution in [1.82, 2.24) is 19.7 Å². The van der Waals surface area contributed by atoms with E-state index in [0.717, 1.165) is 49.4 Å². The number of ether oxygens (including phenoxy) is 1. The van der Waals surface area contributed by atoms with Crippen LogP contribution in [-0.4, -0.2) is 68.7 Å². The number of rotatable bonds is 5. The summed E-state index contributed by atoms with van der Waals surface area (Å²) in [5.74, 6) is 0.590. The molecule has 46 heavy (non-hydrogen) atoms. The Balaban J connectivity index is 1.42. The molecule has 2 aliphatic heterocycles. The van der Waals surface area contributed by atoms with Gasteiger partial charge in [-0.15, -0.1) is 0 Å². The number of anilines is 3. The predicted octanol–water partition coefficient (Wildman–Crippen LogP) is 4.92. The van der Waals surface area contributed by atoms with E-state index in [1.807, 2.05) is 25.4 Å². The molecule has 3 aliphatic rings. The van der Waals surface area contributed by atoms with E-state index in [9.17, 15) is 13.2 Å². The molecule has 2 fully saturated rings. The quantitative estimate of drug-likeness (QED) is 0.394. The lowest BCUT2D eigenvalue weighted by atomic mass is 9.90. The third-order valence-electron chi connectivity index (χ3n) is 9.76. The smallest absolute Gasteiger partial charge is 0.281 e. The minimum Gasteiger partial charge on any atom is -0.383 e. The molecule has 0 aromatic carbocycles. The number of amides is 1. The molecule has 5 heterocycles. The SMILES string of the molecule is COCCN(C)c1ccc(C2CC3CC34CN(c3nc(C(C)(C)C)ccc3C(=O)NS(=O)(=O)c3cccc(n3)N2)C(C)(C)C4)nc1. The zero-order valence-corrected chi connectivity index (χ0v) is 28.6. The van der Waals surface area contributed by atoms with E-state index in [0.29, 0.717) is 24.2 Å². The van der Waals surface area contributed by atoms with Gasteiger partial charge in [0.2, 0.25) is 0 Å². The van der Waals surface area contributed by atoms with Crippen LogP contribution >= 0.6 is 0 Å². The summed E-state index contributed by atoms with van der Waals surface area (Å²) in [7, 11) is -0.597. The van der Waals surface area contributed by atoms with Crippen molar-refractivity contribution in [3.63, 3.8) is 0 Å². The lowest BCUT2D eigenvalue weighted by molar-refractivity contribution is 0.0981. The number of pyridine rings is 3. The number of methoxy groups -OCH3 is 1. The molecule has 1 spiro atoms. The summed E-state index contributed by atoms with van der Waals surface area (Å²) >= 11 is 0. The van der Waals surface area contributed by atoms with E-state index in [2.05, 4.69) is 65.5 Å². The first-order chi connectivity index (χ1) is 21.6. The van der Waals surface area contributed by atoms with Crippen LogP contribution in [0.2, 0.25) is 0 Å². The minimum absolute atomic E-state index is 0.0401. The van der Waals surface area contributed by atoms with Gasteiger partial charge in [0.05, 0.1) is 35.8 Å². The molecule has 2 N–H and O–H groups in total. The van der Waals surface area contributed by atoms with Crippen LogP contribution in [-0.2, 0) is 20.2 Å². The van der Waals surface area contributed by atoms with Gasteiger partial charge in [-0.25, -0.2) is 14.7 Å². The Morgan fingerprint density at radius 2 is 1.89 bits per heavy atom. The number of carbonyl (C=O) groups is 1. The van der Waals surface area contributed by atoms with Crippen molar-refractivity contribution >= 4 is 33.3 Å². The third kappa shape index (κ3) is 6.16. The lowest BCUT2D eigenvalue weighted by Gasteiger charge is -2.34. The van der Waals surface area contributed by atoms with Crippen LogP contribution in [0.15, 0.2) is 53.7 Å². The number of fused-ring (bicyclic) bond motifs is 5. The summed E-state index contributed by atoms with van der Waals surface area (Å²) in [6.45, 7) is 12.7. The minimum atomic E-state index is -4.29. The summed E-state index contributed by atoms with van der Waals surface area (Å²) in [5, 5.41) is 3.26. The van der Waals surface area contributed by atoms with Gasteiger partial charge in [-0.3, -0.25) is 9.78 Å². The van der Waals surface area contributed by atoms with E-state index < -0.39 is 15.9 Å². The van der Waals surface area contributed by atoms with Crippen LogP contribution in [0.1, 0.15) is 81.7 Å². The van der Waals surface area contributed by atoms with Gasteiger partial charge in [-0.1, -0.05) is 26.8 Å². The Morgan fingerprint density at radius 1 is 1.11 bits per heavy atom. The molecule has 1 saturated heterocycles. The first kappa shape index (κ1) is 32.2. The summed E-state index contributed by atoms with van der Waals surface area (Å²) in [5.41, 5.74) is 2.39. The lowest BCUT2D eigenvalue weighted by Crippen LogP contribution is -2.41. The number of carbonyl (C=O) groups excluding carboxylic acids is 1. The number of likely N-dealkylation sites (N-methyl/N-ethyl adjacent to an activating group) is 1. The van der Waals surface area contributed by atoms with Crippen molar-refractivity contribution in [1.29, 1.82) is 0 Å². The molecular formula is C34H45N7O4S. The second kappa shape index (κ2) is 11.5. The molecule has 4 bridgehead atoms. The van der Waals surface area contributed by atoms with Gasteiger partial charge in [-0.05, 0) is 80.8 Å². The maximum atomic E-state index is 13.7. The highest BCUT2D eigenvalue weighted by molar-refractivity contribution is 7.90. The second-order valence-corrected chi connectivity index (χ2v) is 16.4. The molecule has 1 saturated carbocycles. The van der Waals surface area contributed by atoms with Crippen molar-refractivity contribution in [2.45, 2.75) is 75.9 Å². The molecule has 11 nitrogen and oxygen atoms in total. The van der Waals surface area contributed by atoms with Crippen LogP contribution in [0.5, 0.6) is 0 Å². The largest absolute Gasteiger partial charge is 0.383 e. The monoisotopic (exact) mass is 647 g/mol. The fraction of sp³-hybridized carbons (Fsp3) is 0.529. The van der Waals surface area contributed by atoms with Crippen molar-refractivity contribution in [3.8, 4) is 0 Å². The molecule has 1 amide bonds. The van der Waals surface area contributed by atoms with Crippen LogP contribution < -0.4 is 19.8 Å². The maximum absolute atomic E-state index is 13.7. The van der Waals surface area contributed by atoms with Crippen LogP contribution in [0.3, 0.4) is 0 Å². The molecule has 3 aromatic heterocycles. The van der Waals surface area contributed by atoms with Crippen LogP contribution in [0, 0.1) is 11.3 Å². The number of sulfonamides is 1. The average molecular weight is 648 g/mol. The van der Waals surface area contributed by atoms with Gasteiger partial charge in [0.15, 0.2) is 5.03 Å². The summed E-state index contributed by atoms with van der Waals surface area (Å²) in [6, 6.07) is 12.2. The van der Waals surface area contributed by atoms with Crippen LogP contribution in [0.25, 0.3) is 0 Å². The van der Waals surface area contributed by atoms with E-state index in [-0.39, 0.29) is 33.0 Å². The van der Waals surface area contributed by atoms with Crippen molar-refractivity contribution in [3.05, 3.63) is 65.6 Å². The molecular weight excluding hydrogens is 602 g/mol. The van der Waals surface area contributed by atoms with Gasteiger partial charge in [0, 0.05) is 43.9 Å².